The maximum atomic E-state index is 11.4. The van der Waals surface area contributed by atoms with E-state index in [-0.39, 0.29) is 0 Å². The third kappa shape index (κ3) is 6.48. The van der Waals surface area contributed by atoms with Crippen molar-refractivity contribution in [2.24, 2.45) is 11.5 Å². The fourth-order valence-corrected chi connectivity index (χ4v) is 1.12. The van der Waals surface area contributed by atoms with Crippen molar-refractivity contribution in [3.05, 3.63) is 0 Å². The lowest BCUT2D eigenvalue weighted by Crippen LogP contribution is -2.49. The van der Waals surface area contributed by atoms with Crippen LogP contribution in [0.15, 0.2) is 0 Å². The van der Waals surface area contributed by atoms with E-state index >= 15 is 0 Å². The Kier molecular flexibility index (Phi) is 6.83. The fraction of sp³-hybridized carbons (Fsp3) is 0.667. The molecule has 0 aromatic rings. The van der Waals surface area contributed by atoms with Gasteiger partial charge >= 0.3 is 11.9 Å². The Labute approximate surface area is 98.0 Å². The maximum Gasteiger partial charge on any atom is 0.326 e. The minimum absolute atomic E-state index is 0.321. The molecule has 0 aliphatic rings. The van der Waals surface area contributed by atoms with Gasteiger partial charge in [0.05, 0.1) is 12.5 Å². The predicted molar refractivity (Wildman–Crippen MR) is 58.1 cm³/mol. The van der Waals surface area contributed by atoms with E-state index in [4.69, 9.17) is 21.7 Å². The van der Waals surface area contributed by atoms with Gasteiger partial charge in [0.1, 0.15) is 6.04 Å². The summed E-state index contributed by atoms with van der Waals surface area (Å²) in [6.07, 6.45) is 0.164. The van der Waals surface area contributed by atoms with Gasteiger partial charge in [-0.2, -0.15) is 0 Å². The van der Waals surface area contributed by atoms with Crippen molar-refractivity contribution in [3.63, 3.8) is 0 Å². The summed E-state index contributed by atoms with van der Waals surface area (Å²) in [7, 11) is 0. The molecule has 0 aliphatic carbocycles. The van der Waals surface area contributed by atoms with Crippen molar-refractivity contribution in [3.8, 4) is 0 Å². The van der Waals surface area contributed by atoms with Gasteiger partial charge in [0.25, 0.3) is 0 Å². The first-order valence-corrected chi connectivity index (χ1v) is 5.09. The van der Waals surface area contributed by atoms with Gasteiger partial charge in [-0.15, -0.1) is 0 Å². The summed E-state index contributed by atoms with van der Waals surface area (Å²) >= 11 is 0. The van der Waals surface area contributed by atoms with Crippen LogP contribution < -0.4 is 16.8 Å². The first-order chi connectivity index (χ1) is 7.88. The zero-order chi connectivity index (χ0) is 13.4. The van der Waals surface area contributed by atoms with Crippen molar-refractivity contribution in [2.45, 2.75) is 31.3 Å². The van der Waals surface area contributed by atoms with Crippen LogP contribution in [0.25, 0.3) is 0 Å². The van der Waals surface area contributed by atoms with E-state index < -0.39 is 36.4 Å². The lowest BCUT2D eigenvalue weighted by atomic mass is 10.1. The molecule has 0 spiro atoms. The molecule has 2 atom stereocenters. The standard InChI is InChI=1S/C9H17N3O5/c10-3-1-2-5(11)8(15)12-6(9(16)17)4-7(13)14/h5-6H,1-4,10-11H2,(H,12,15)(H,13,14)(H,16,17). The van der Waals surface area contributed by atoms with Gasteiger partial charge in [-0.1, -0.05) is 0 Å². The zero-order valence-electron chi connectivity index (χ0n) is 9.26. The molecule has 17 heavy (non-hydrogen) atoms. The van der Waals surface area contributed by atoms with Gasteiger partial charge in [-0.05, 0) is 19.4 Å². The highest BCUT2D eigenvalue weighted by molar-refractivity contribution is 5.88. The molecule has 98 valence electrons. The monoisotopic (exact) mass is 247 g/mol. The molecule has 0 saturated carbocycles. The Bertz CT molecular complexity index is 294. The van der Waals surface area contributed by atoms with Crippen molar-refractivity contribution >= 4 is 17.8 Å². The first-order valence-electron chi connectivity index (χ1n) is 5.09. The number of nitrogens with two attached hydrogens (primary N) is 2. The third-order valence-electron chi connectivity index (χ3n) is 2.05. The molecule has 1 amide bonds. The number of amides is 1. The summed E-state index contributed by atoms with van der Waals surface area (Å²) in [5.41, 5.74) is 10.7. The summed E-state index contributed by atoms with van der Waals surface area (Å²) < 4.78 is 0. The van der Waals surface area contributed by atoms with Gasteiger partial charge < -0.3 is 27.0 Å². The SMILES string of the molecule is NCCCC(N)C(=O)NC(CC(=O)O)C(=O)O. The topological polar surface area (TPSA) is 156 Å². The van der Waals surface area contributed by atoms with Crippen molar-refractivity contribution in [1.82, 2.24) is 5.32 Å². The second-order valence-electron chi connectivity index (χ2n) is 3.53. The Morgan fingerprint density at radius 2 is 1.82 bits per heavy atom. The Hall–Kier alpha value is -1.67. The number of aliphatic carboxylic acids is 2. The van der Waals surface area contributed by atoms with Crippen LogP contribution >= 0.6 is 0 Å². The van der Waals surface area contributed by atoms with Crippen molar-refractivity contribution in [2.75, 3.05) is 6.54 Å². The second-order valence-corrected chi connectivity index (χ2v) is 3.53. The number of rotatable bonds is 8. The van der Waals surface area contributed by atoms with Crippen LogP contribution in [0, 0.1) is 0 Å². The van der Waals surface area contributed by atoms with Crippen LogP contribution in [0.4, 0.5) is 0 Å². The number of carbonyl (C=O) groups excluding carboxylic acids is 1. The van der Waals surface area contributed by atoms with Gasteiger partial charge in [0.15, 0.2) is 0 Å². The minimum atomic E-state index is -1.47. The molecule has 0 fully saturated rings. The molecule has 7 N–H and O–H groups in total. The Morgan fingerprint density at radius 3 is 2.24 bits per heavy atom. The average Bonchev–Trinajstić information content (AvgIpc) is 2.23. The zero-order valence-corrected chi connectivity index (χ0v) is 9.26. The predicted octanol–water partition coefficient (Wildman–Crippen LogP) is -1.90. The molecule has 0 aromatic heterocycles. The summed E-state index contributed by atoms with van der Waals surface area (Å²) in [6.45, 7) is 0.373. The summed E-state index contributed by atoms with van der Waals surface area (Å²) in [5.74, 6) is -3.41. The Balaban J connectivity index is 4.29. The summed E-state index contributed by atoms with van der Waals surface area (Å²) in [6, 6.07) is -2.35. The van der Waals surface area contributed by atoms with Crippen LogP contribution in [0.1, 0.15) is 19.3 Å². The highest BCUT2D eigenvalue weighted by Gasteiger charge is 2.25. The number of nitrogens with one attached hydrogen (secondary N) is 1. The molecule has 0 aliphatic heterocycles. The van der Waals surface area contributed by atoms with E-state index in [1.807, 2.05) is 0 Å². The van der Waals surface area contributed by atoms with E-state index in [2.05, 4.69) is 5.32 Å². The van der Waals surface area contributed by atoms with Gasteiger partial charge in [0.2, 0.25) is 5.91 Å². The molecular weight excluding hydrogens is 230 g/mol. The lowest BCUT2D eigenvalue weighted by molar-refractivity contribution is -0.147. The summed E-state index contributed by atoms with van der Waals surface area (Å²) in [5, 5.41) is 19.2. The van der Waals surface area contributed by atoms with Crippen molar-refractivity contribution in [1.29, 1.82) is 0 Å². The minimum Gasteiger partial charge on any atom is -0.481 e. The summed E-state index contributed by atoms with van der Waals surface area (Å²) in [4.78, 5) is 32.5. The highest BCUT2D eigenvalue weighted by atomic mass is 16.4. The second kappa shape index (κ2) is 7.58. The van der Waals surface area contributed by atoms with Gasteiger partial charge in [0, 0.05) is 0 Å². The fourth-order valence-electron chi connectivity index (χ4n) is 1.12. The molecule has 8 heteroatoms. The van der Waals surface area contributed by atoms with Gasteiger partial charge in [-0.25, -0.2) is 4.79 Å². The van der Waals surface area contributed by atoms with E-state index in [0.29, 0.717) is 19.4 Å². The van der Waals surface area contributed by atoms with E-state index in [1.165, 1.54) is 0 Å². The number of hydrogen-bond acceptors (Lipinski definition) is 5. The molecule has 2 unspecified atom stereocenters. The molecule has 0 bridgehead atoms. The molecule has 8 nitrogen and oxygen atoms in total. The van der Waals surface area contributed by atoms with Gasteiger partial charge in [-0.3, -0.25) is 9.59 Å². The van der Waals surface area contributed by atoms with E-state index in [0.717, 1.165) is 0 Å². The number of carbonyl (C=O) groups is 3. The maximum absolute atomic E-state index is 11.4. The molecule has 0 radical (unpaired) electrons. The molecule has 0 heterocycles. The highest BCUT2D eigenvalue weighted by Crippen LogP contribution is 1.97. The van der Waals surface area contributed by atoms with Crippen LogP contribution in [0.5, 0.6) is 0 Å². The third-order valence-corrected chi connectivity index (χ3v) is 2.05. The quantitative estimate of drug-likeness (QED) is 0.335. The van der Waals surface area contributed by atoms with E-state index in [9.17, 15) is 14.4 Å². The van der Waals surface area contributed by atoms with E-state index in [1.54, 1.807) is 0 Å². The smallest absolute Gasteiger partial charge is 0.326 e. The molecule has 0 aromatic carbocycles. The molecule has 0 saturated heterocycles. The van der Waals surface area contributed by atoms with Crippen LogP contribution in [-0.4, -0.2) is 46.7 Å². The number of carboxylic acids is 2. The molecular formula is C9H17N3O5. The largest absolute Gasteiger partial charge is 0.481 e. The lowest BCUT2D eigenvalue weighted by Gasteiger charge is -2.16. The van der Waals surface area contributed by atoms with Crippen molar-refractivity contribution < 1.29 is 24.6 Å². The van der Waals surface area contributed by atoms with Crippen LogP contribution in [0.2, 0.25) is 0 Å². The first kappa shape index (κ1) is 15.3. The number of carboxylic acid groups (broad SMARTS) is 2. The normalized spacial score (nSPS) is 13.8. The molecule has 0 rings (SSSR count). The van der Waals surface area contributed by atoms with Crippen LogP contribution in [0.3, 0.4) is 0 Å². The van der Waals surface area contributed by atoms with Crippen LogP contribution in [-0.2, 0) is 14.4 Å². The Morgan fingerprint density at radius 1 is 1.24 bits per heavy atom. The average molecular weight is 247 g/mol. The number of hydrogen-bond donors (Lipinski definition) is 5.